The van der Waals surface area contributed by atoms with Gasteiger partial charge in [0.2, 0.25) is 0 Å². The molecule has 33 heavy (non-hydrogen) atoms. The minimum atomic E-state index is -0.464. The summed E-state index contributed by atoms with van der Waals surface area (Å²) < 4.78 is 5.86. The van der Waals surface area contributed by atoms with E-state index in [4.69, 9.17) is 4.42 Å². The van der Waals surface area contributed by atoms with Gasteiger partial charge in [0, 0.05) is 42.4 Å². The van der Waals surface area contributed by atoms with Crippen LogP contribution in [0.15, 0.2) is 76.8 Å². The molecule has 2 amide bonds. The number of nitro benzene ring substituents is 1. The molecule has 1 aromatic heterocycles. The Morgan fingerprint density at radius 3 is 2.30 bits per heavy atom. The highest BCUT2D eigenvalue weighted by Crippen LogP contribution is 2.25. The van der Waals surface area contributed by atoms with Crippen LogP contribution < -0.4 is 5.32 Å². The van der Waals surface area contributed by atoms with Crippen LogP contribution in [0.1, 0.15) is 35.4 Å². The summed E-state index contributed by atoms with van der Waals surface area (Å²) in [6.07, 6.45) is 4.45. The molecule has 0 atom stereocenters. The third-order valence-electron chi connectivity index (χ3n) is 5.43. The van der Waals surface area contributed by atoms with Crippen LogP contribution >= 0.6 is 0 Å². The van der Waals surface area contributed by atoms with Crippen LogP contribution in [0.3, 0.4) is 0 Å². The Morgan fingerprint density at radius 1 is 0.939 bits per heavy atom. The second kappa shape index (κ2) is 9.95. The van der Waals surface area contributed by atoms with Gasteiger partial charge in [0.1, 0.15) is 17.2 Å². The fraction of sp³-hybridized carbons (Fsp3) is 0.200. The number of carbonyl (C=O) groups is 2. The largest absolute Gasteiger partial charge is 0.457 e. The van der Waals surface area contributed by atoms with Gasteiger partial charge >= 0.3 is 0 Å². The Balaban J connectivity index is 1.60. The van der Waals surface area contributed by atoms with Gasteiger partial charge in [0.15, 0.2) is 0 Å². The van der Waals surface area contributed by atoms with Crippen LogP contribution in [0.4, 0.5) is 5.69 Å². The minimum absolute atomic E-state index is 0.0107. The van der Waals surface area contributed by atoms with Crippen molar-refractivity contribution in [3.05, 3.63) is 93.9 Å². The molecule has 0 radical (unpaired) electrons. The number of amides is 2. The Hall–Kier alpha value is -4.20. The molecule has 0 unspecified atom stereocenters. The smallest absolute Gasteiger partial charge is 0.270 e. The van der Waals surface area contributed by atoms with E-state index >= 15 is 0 Å². The van der Waals surface area contributed by atoms with Gasteiger partial charge in [-0.25, -0.2) is 0 Å². The number of rotatable bonds is 6. The molecule has 4 rings (SSSR count). The second-order valence-electron chi connectivity index (χ2n) is 7.74. The van der Waals surface area contributed by atoms with Crippen LogP contribution in [0, 0.1) is 10.1 Å². The highest BCUT2D eigenvalue weighted by molar-refractivity contribution is 6.05. The molecule has 2 heterocycles. The SMILES string of the molecule is O=C(N/C(=C/c1ccc(-c2ccc([N+](=O)[O-])cc2)o1)C(=O)N1CCCCC1)c1ccccc1. The van der Waals surface area contributed by atoms with Gasteiger partial charge < -0.3 is 14.6 Å². The van der Waals surface area contributed by atoms with Crippen LogP contribution in [-0.4, -0.2) is 34.7 Å². The van der Waals surface area contributed by atoms with E-state index < -0.39 is 4.92 Å². The fourth-order valence-corrected chi connectivity index (χ4v) is 3.68. The molecular formula is C25H23N3O5. The number of nitrogens with one attached hydrogen (secondary N) is 1. The molecule has 168 valence electrons. The van der Waals surface area contributed by atoms with Gasteiger partial charge in [-0.1, -0.05) is 18.2 Å². The quantitative estimate of drug-likeness (QED) is 0.338. The van der Waals surface area contributed by atoms with Crippen molar-refractivity contribution in [1.29, 1.82) is 0 Å². The average molecular weight is 445 g/mol. The van der Waals surface area contributed by atoms with Crippen LogP contribution in [0.2, 0.25) is 0 Å². The van der Waals surface area contributed by atoms with E-state index in [2.05, 4.69) is 5.32 Å². The summed E-state index contributed by atoms with van der Waals surface area (Å²) in [6, 6.07) is 18.1. The Labute approximate surface area is 190 Å². The first-order chi connectivity index (χ1) is 16.0. The monoisotopic (exact) mass is 445 g/mol. The molecule has 0 spiro atoms. The highest BCUT2D eigenvalue weighted by Gasteiger charge is 2.23. The zero-order valence-electron chi connectivity index (χ0n) is 17.9. The molecule has 1 saturated heterocycles. The van der Waals surface area contributed by atoms with E-state index in [1.165, 1.54) is 18.2 Å². The maximum Gasteiger partial charge on any atom is 0.270 e. The first-order valence-electron chi connectivity index (χ1n) is 10.7. The summed E-state index contributed by atoms with van der Waals surface area (Å²) in [5.41, 5.74) is 1.23. The molecule has 1 aliphatic rings. The number of hydrogen-bond acceptors (Lipinski definition) is 5. The zero-order chi connectivity index (χ0) is 23.2. The molecule has 0 bridgehead atoms. The number of carbonyl (C=O) groups excluding carboxylic acids is 2. The van der Waals surface area contributed by atoms with E-state index in [1.54, 1.807) is 53.4 Å². The molecule has 2 aromatic carbocycles. The molecule has 3 aromatic rings. The number of nitro groups is 1. The predicted molar refractivity (Wildman–Crippen MR) is 123 cm³/mol. The Morgan fingerprint density at radius 2 is 1.64 bits per heavy atom. The van der Waals surface area contributed by atoms with Crippen LogP contribution in [0.5, 0.6) is 0 Å². The number of benzene rings is 2. The van der Waals surface area contributed by atoms with Crippen molar-refractivity contribution >= 4 is 23.6 Å². The highest BCUT2D eigenvalue weighted by atomic mass is 16.6. The maximum atomic E-state index is 13.2. The van der Waals surface area contributed by atoms with Crippen LogP contribution in [0.25, 0.3) is 17.4 Å². The van der Waals surface area contributed by atoms with Gasteiger partial charge in [-0.05, 0) is 55.7 Å². The Kier molecular flexibility index (Phi) is 6.64. The summed E-state index contributed by atoms with van der Waals surface area (Å²) in [5, 5.41) is 13.6. The van der Waals surface area contributed by atoms with Gasteiger partial charge in [0.25, 0.3) is 17.5 Å². The van der Waals surface area contributed by atoms with E-state index in [-0.39, 0.29) is 23.2 Å². The zero-order valence-corrected chi connectivity index (χ0v) is 17.9. The summed E-state index contributed by atoms with van der Waals surface area (Å²) in [4.78, 5) is 38.1. The van der Waals surface area contributed by atoms with Gasteiger partial charge in [-0.2, -0.15) is 0 Å². The van der Waals surface area contributed by atoms with E-state index in [0.29, 0.717) is 35.7 Å². The number of furan rings is 1. The number of non-ortho nitro benzene ring substituents is 1. The molecule has 1 N–H and O–H groups in total. The topological polar surface area (TPSA) is 106 Å². The summed E-state index contributed by atoms with van der Waals surface area (Å²) in [7, 11) is 0. The minimum Gasteiger partial charge on any atom is -0.457 e. The van der Waals surface area contributed by atoms with Crippen molar-refractivity contribution in [2.24, 2.45) is 0 Å². The standard InChI is InChI=1S/C25H23N3O5/c29-24(19-7-3-1-4-8-19)26-22(25(30)27-15-5-2-6-16-27)17-21-13-14-23(33-21)18-9-11-20(12-10-18)28(31)32/h1,3-4,7-14,17H,2,5-6,15-16H2,(H,26,29)/b22-17+. The molecule has 0 aliphatic carbocycles. The van der Waals surface area contributed by atoms with Crippen molar-refractivity contribution in [3.8, 4) is 11.3 Å². The molecule has 1 fully saturated rings. The third kappa shape index (κ3) is 5.35. The van der Waals surface area contributed by atoms with E-state index in [1.807, 2.05) is 6.07 Å². The van der Waals surface area contributed by atoms with Crippen molar-refractivity contribution in [1.82, 2.24) is 10.2 Å². The lowest BCUT2D eigenvalue weighted by molar-refractivity contribution is -0.384. The Bertz CT molecular complexity index is 1180. The molecule has 8 nitrogen and oxygen atoms in total. The van der Waals surface area contributed by atoms with Crippen molar-refractivity contribution in [3.63, 3.8) is 0 Å². The van der Waals surface area contributed by atoms with E-state index in [9.17, 15) is 19.7 Å². The van der Waals surface area contributed by atoms with Crippen molar-refractivity contribution in [2.45, 2.75) is 19.3 Å². The summed E-state index contributed by atoms with van der Waals surface area (Å²) in [6.45, 7) is 1.28. The number of nitrogens with zero attached hydrogens (tertiary/aromatic N) is 2. The first-order valence-corrected chi connectivity index (χ1v) is 10.7. The van der Waals surface area contributed by atoms with Crippen LogP contribution in [-0.2, 0) is 4.79 Å². The first kappa shape index (κ1) is 22.0. The van der Waals surface area contributed by atoms with Crippen molar-refractivity contribution < 1.29 is 18.9 Å². The number of hydrogen-bond donors (Lipinski definition) is 1. The molecule has 1 aliphatic heterocycles. The lowest BCUT2D eigenvalue weighted by Crippen LogP contribution is -2.41. The summed E-state index contributed by atoms with van der Waals surface area (Å²) in [5.74, 6) is 0.244. The van der Waals surface area contributed by atoms with E-state index in [0.717, 1.165) is 19.3 Å². The lowest BCUT2D eigenvalue weighted by Gasteiger charge is -2.27. The molecular weight excluding hydrogens is 422 g/mol. The summed E-state index contributed by atoms with van der Waals surface area (Å²) >= 11 is 0. The fourth-order valence-electron chi connectivity index (χ4n) is 3.68. The normalized spacial score (nSPS) is 14.1. The number of piperidine rings is 1. The average Bonchev–Trinajstić information content (AvgIpc) is 3.33. The van der Waals surface area contributed by atoms with Gasteiger partial charge in [-0.15, -0.1) is 0 Å². The molecule has 0 saturated carbocycles. The third-order valence-corrected chi connectivity index (χ3v) is 5.43. The second-order valence-corrected chi connectivity index (χ2v) is 7.74. The van der Waals surface area contributed by atoms with Crippen molar-refractivity contribution in [2.75, 3.05) is 13.1 Å². The van der Waals surface area contributed by atoms with Gasteiger partial charge in [-0.3, -0.25) is 19.7 Å². The number of likely N-dealkylation sites (tertiary alicyclic amines) is 1. The predicted octanol–water partition coefficient (Wildman–Crippen LogP) is 4.64. The maximum absolute atomic E-state index is 13.2. The lowest BCUT2D eigenvalue weighted by atomic mass is 10.1. The molecule has 8 heteroatoms. The van der Waals surface area contributed by atoms with Gasteiger partial charge in [0.05, 0.1) is 4.92 Å².